The van der Waals surface area contributed by atoms with E-state index in [1.165, 1.54) is 37.8 Å². The standard InChI is InChI=1S/C14H25N3S/c1-3-15-14(13-9-10-17(2)16-13)11-18-12-7-5-4-6-8-12/h9-10,12,14-15H,3-8,11H2,1-2H3. The molecule has 1 unspecified atom stereocenters. The molecule has 1 fully saturated rings. The van der Waals surface area contributed by atoms with Crippen molar-refractivity contribution in [3.63, 3.8) is 0 Å². The zero-order valence-corrected chi connectivity index (χ0v) is 12.4. The fraction of sp³-hybridized carbons (Fsp3) is 0.786. The summed E-state index contributed by atoms with van der Waals surface area (Å²) in [6, 6.07) is 2.54. The van der Waals surface area contributed by atoms with Gasteiger partial charge in [-0.3, -0.25) is 4.68 Å². The molecule has 4 heteroatoms. The maximum Gasteiger partial charge on any atom is 0.0802 e. The second kappa shape index (κ2) is 7.19. The molecule has 1 saturated carbocycles. The van der Waals surface area contributed by atoms with E-state index < -0.39 is 0 Å². The fourth-order valence-corrected chi connectivity index (χ4v) is 4.00. The molecule has 0 saturated heterocycles. The summed E-state index contributed by atoms with van der Waals surface area (Å²) in [5, 5.41) is 8.97. The van der Waals surface area contributed by atoms with Crippen molar-refractivity contribution in [1.82, 2.24) is 15.1 Å². The Bertz CT molecular complexity index is 345. The number of aromatic nitrogens is 2. The summed E-state index contributed by atoms with van der Waals surface area (Å²) in [6.45, 7) is 3.17. The minimum atomic E-state index is 0.406. The van der Waals surface area contributed by atoms with Crippen molar-refractivity contribution in [2.24, 2.45) is 7.05 Å². The lowest BCUT2D eigenvalue weighted by molar-refractivity contribution is 0.513. The van der Waals surface area contributed by atoms with Crippen molar-refractivity contribution in [2.45, 2.75) is 50.3 Å². The molecular weight excluding hydrogens is 242 g/mol. The minimum absolute atomic E-state index is 0.406. The molecule has 1 heterocycles. The predicted molar refractivity (Wildman–Crippen MR) is 79.0 cm³/mol. The number of hydrogen-bond donors (Lipinski definition) is 1. The summed E-state index contributed by atoms with van der Waals surface area (Å²) >= 11 is 2.14. The van der Waals surface area contributed by atoms with Crippen LogP contribution in [0.15, 0.2) is 12.3 Å². The lowest BCUT2D eigenvalue weighted by Crippen LogP contribution is -2.25. The van der Waals surface area contributed by atoms with E-state index in [4.69, 9.17) is 0 Å². The van der Waals surface area contributed by atoms with Crippen LogP contribution in [0.1, 0.15) is 50.8 Å². The highest BCUT2D eigenvalue weighted by Crippen LogP contribution is 2.30. The van der Waals surface area contributed by atoms with Crippen molar-refractivity contribution in [3.8, 4) is 0 Å². The smallest absolute Gasteiger partial charge is 0.0802 e. The van der Waals surface area contributed by atoms with Gasteiger partial charge in [0.05, 0.1) is 11.7 Å². The molecule has 2 rings (SSSR count). The van der Waals surface area contributed by atoms with E-state index >= 15 is 0 Å². The number of aryl methyl sites for hydroxylation is 1. The van der Waals surface area contributed by atoms with Crippen molar-refractivity contribution in [2.75, 3.05) is 12.3 Å². The van der Waals surface area contributed by atoms with Gasteiger partial charge in [0.1, 0.15) is 0 Å². The van der Waals surface area contributed by atoms with E-state index in [0.717, 1.165) is 17.5 Å². The summed E-state index contributed by atoms with van der Waals surface area (Å²) < 4.78 is 1.89. The number of hydrogen-bond acceptors (Lipinski definition) is 3. The van der Waals surface area contributed by atoms with Crippen LogP contribution in [0.2, 0.25) is 0 Å². The molecule has 0 aromatic carbocycles. The van der Waals surface area contributed by atoms with Crippen LogP contribution in [0.5, 0.6) is 0 Å². The second-order valence-electron chi connectivity index (χ2n) is 5.12. The first kappa shape index (κ1) is 13.9. The highest BCUT2D eigenvalue weighted by atomic mass is 32.2. The Morgan fingerprint density at radius 2 is 2.22 bits per heavy atom. The van der Waals surface area contributed by atoms with Gasteiger partial charge in [-0.25, -0.2) is 0 Å². The first-order chi connectivity index (χ1) is 8.79. The molecule has 1 aliphatic rings. The third-order valence-corrected chi connectivity index (χ3v) is 5.06. The van der Waals surface area contributed by atoms with Gasteiger partial charge in [0.2, 0.25) is 0 Å². The van der Waals surface area contributed by atoms with Crippen molar-refractivity contribution >= 4 is 11.8 Å². The summed E-state index contributed by atoms with van der Waals surface area (Å²) in [7, 11) is 1.99. The molecule has 0 aliphatic heterocycles. The van der Waals surface area contributed by atoms with Crippen LogP contribution < -0.4 is 5.32 Å². The van der Waals surface area contributed by atoms with Crippen LogP contribution >= 0.6 is 11.8 Å². The van der Waals surface area contributed by atoms with Gasteiger partial charge in [-0.2, -0.15) is 16.9 Å². The van der Waals surface area contributed by atoms with E-state index in [1.807, 2.05) is 17.9 Å². The zero-order valence-electron chi connectivity index (χ0n) is 11.6. The third kappa shape index (κ3) is 4.02. The summed E-state index contributed by atoms with van der Waals surface area (Å²) in [5.41, 5.74) is 1.18. The monoisotopic (exact) mass is 267 g/mol. The first-order valence-electron chi connectivity index (χ1n) is 7.14. The minimum Gasteiger partial charge on any atom is -0.308 e. The molecule has 1 atom stereocenters. The van der Waals surface area contributed by atoms with E-state index in [9.17, 15) is 0 Å². The normalized spacial score (nSPS) is 19.0. The van der Waals surface area contributed by atoms with Gasteiger partial charge in [-0.1, -0.05) is 26.2 Å². The van der Waals surface area contributed by atoms with Gasteiger partial charge in [0, 0.05) is 24.2 Å². The van der Waals surface area contributed by atoms with E-state index in [0.29, 0.717) is 6.04 Å². The summed E-state index contributed by atoms with van der Waals surface area (Å²) in [4.78, 5) is 0. The molecule has 1 aromatic heterocycles. The average molecular weight is 267 g/mol. The number of nitrogens with one attached hydrogen (secondary N) is 1. The van der Waals surface area contributed by atoms with Crippen molar-refractivity contribution in [3.05, 3.63) is 18.0 Å². The molecule has 0 amide bonds. The Hall–Kier alpha value is -0.480. The van der Waals surface area contributed by atoms with E-state index in [2.05, 4.69) is 35.2 Å². The Morgan fingerprint density at radius 3 is 2.83 bits per heavy atom. The van der Waals surface area contributed by atoms with Gasteiger partial charge < -0.3 is 5.32 Å². The molecule has 102 valence electrons. The molecule has 1 aliphatic carbocycles. The summed E-state index contributed by atoms with van der Waals surface area (Å²) in [6.07, 6.45) is 9.14. The maximum absolute atomic E-state index is 4.53. The van der Waals surface area contributed by atoms with Gasteiger partial charge in [0.15, 0.2) is 0 Å². The lowest BCUT2D eigenvalue weighted by Gasteiger charge is -2.23. The van der Waals surface area contributed by atoms with Crippen LogP contribution in [-0.2, 0) is 7.05 Å². The summed E-state index contributed by atoms with van der Waals surface area (Å²) in [5.74, 6) is 1.15. The average Bonchev–Trinajstić information content (AvgIpc) is 2.82. The Balaban J connectivity index is 1.85. The highest BCUT2D eigenvalue weighted by molar-refractivity contribution is 7.99. The Labute approximate surface area is 115 Å². The van der Waals surface area contributed by atoms with Gasteiger partial charge in [-0.05, 0) is 25.5 Å². The number of rotatable bonds is 6. The number of nitrogens with zero attached hydrogens (tertiary/aromatic N) is 2. The molecular formula is C14H25N3S. The highest BCUT2D eigenvalue weighted by Gasteiger charge is 2.18. The molecule has 1 N–H and O–H groups in total. The number of thioether (sulfide) groups is 1. The Morgan fingerprint density at radius 1 is 1.44 bits per heavy atom. The van der Waals surface area contributed by atoms with Gasteiger partial charge >= 0.3 is 0 Å². The molecule has 0 bridgehead atoms. The van der Waals surface area contributed by atoms with Gasteiger partial charge in [0.25, 0.3) is 0 Å². The van der Waals surface area contributed by atoms with Gasteiger partial charge in [-0.15, -0.1) is 0 Å². The first-order valence-corrected chi connectivity index (χ1v) is 8.19. The topological polar surface area (TPSA) is 29.9 Å². The van der Waals surface area contributed by atoms with E-state index in [1.54, 1.807) is 0 Å². The molecule has 18 heavy (non-hydrogen) atoms. The van der Waals surface area contributed by atoms with Crippen molar-refractivity contribution < 1.29 is 0 Å². The lowest BCUT2D eigenvalue weighted by atomic mass is 10.0. The van der Waals surface area contributed by atoms with Crippen LogP contribution in [-0.4, -0.2) is 27.3 Å². The fourth-order valence-electron chi connectivity index (χ4n) is 2.58. The van der Waals surface area contributed by atoms with Crippen LogP contribution in [0.25, 0.3) is 0 Å². The largest absolute Gasteiger partial charge is 0.308 e. The van der Waals surface area contributed by atoms with Crippen LogP contribution in [0, 0.1) is 0 Å². The molecule has 0 spiro atoms. The van der Waals surface area contributed by atoms with Crippen LogP contribution in [0.3, 0.4) is 0 Å². The third-order valence-electron chi connectivity index (χ3n) is 3.59. The quantitative estimate of drug-likeness (QED) is 0.859. The maximum atomic E-state index is 4.53. The Kier molecular flexibility index (Phi) is 5.57. The molecule has 1 aromatic rings. The van der Waals surface area contributed by atoms with Crippen LogP contribution in [0.4, 0.5) is 0 Å². The molecule has 3 nitrogen and oxygen atoms in total. The zero-order chi connectivity index (χ0) is 12.8. The SMILES string of the molecule is CCNC(CSC1CCCCC1)c1ccn(C)n1. The van der Waals surface area contributed by atoms with E-state index in [-0.39, 0.29) is 0 Å². The molecule has 0 radical (unpaired) electrons. The second-order valence-corrected chi connectivity index (χ2v) is 6.45. The van der Waals surface area contributed by atoms with Crippen molar-refractivity contribution in [1.29, 1.82) is 0 Å². The predicted octanol–water partition coefficient (Wildman–Crippen LogP) is 3.14.